The summed E-state index contributed by atoms with van der Waals surface area (Å²) < 4.78 is 5.35. The van der Waals surface area contributed by atoms with Crippen LogP contribution in [0.5, 0.6) is 0 Å². The number of hydrogen-bond acceptors (Lipinski definition) is 4. The Morgan fingerprint density at radius 2 is 2.19 bits per heavy atom. The number of carboxylic acid groups (broad SMARTS) is 1. The average Bonchev–Trinajstić information content (AvgIpc) is 2.64. The summed E-state index contributed by atoms with van der Waals surface area (Å²) in [6, 6.07) is 0. The molecule has 1 saturated heterocycles. The van der Waals surface area contributed by atoms with Crippen molar-refractivity contribution in [2.24, 2.45) is 0 Å². The van der Waals surface area contributed by atoms with Crippen LogP contribution >= 0.6 is 0 Å². The van der Waals surface area contributed by atoms with Gasteiger partial charge in [-0.05, 0) is 32.1 Å². The van der Waals surface area contributed by atoms with Gasteiger partial charge in [-0.25, -0.2) is 4.79 Å². The Morgan fingerprint density at radius 1 is 1.44 bits per heavy atom. The van der Waals surface area contributed by atoms with E-state index in [1.807, 2.05) is 0 Å². The number of carbonyl (C=O) groups is 1. The van der Waals surface area contributed by atoms with Crippen LogP contribution in [0.15, 0.2) is 0 Å². The molecule has 1 heterocycles. The minimum Gasteiger partial charge on any atom is -0.479 e. The number of nitrogens with one attached hydrogen (secondary N) is 1. The van der Waals surface area contributed by atoms with Crippen LogP contribution in [0, 0.1) is 0 Å². The number of aliphatic carboxylic acids is 1. The predicted molar refractivity (Wildman–Crippen MR) is 57.2 cm³/mol. The molecule has 1 aliphatic carbocycles. The van der Waals surface area contributed by atoms with Crippen LogP contribution in [-0.2, 0) is 9.53 Å². The largest absolute Gasteiger partial charge is 0.479 e. The van der Waals surface area contributed by atoms with Gasteiger partial charge in [-0.3, -0.25) is 0 Å². The van der Waals surface area contributed by atoms with E-state index in [1.165, 1.54) is 0 Å². The molecule has 0 amide bonds. The lowest BCUT2D eigenvalue weighted by molar-refractivity contribution is -0.149. The fourth-order valence-electron chi connectivity index (χ4n) is 2.27. The molecule has 1 aliphatic heterocycles. The molecule has 2 unspecified atom stereocenters. The third-order valence-electron chi connectivity index (χ3n) is 3.49. The molecule has 0 bridgehead atoms. The zero-order valence-corrected chi connectivity index (χ0v) is 9.32. The van der Waals surface area contributed by atoms with Gasteiger partial charge in [0.05, 0.1) is 11.7 Å². The summed E-state index contributed by atoms with van der Waals surface area (Å²) in [5.74, 6) is -0.875. The second-order valence-electron chi connectivity index (χ2n) is 4.87. The smallest absolute Gasteiger partial charge is 0.332 e. The topological polar surface area (TPSA) is 78.8 Å². The minimum absolute atomic E-state index is 0.0234. The fraction of sp³-hybridized carbons (Fsp3) is 0.909. The Balaban J connectivity index is 1.62. The zero-order valence-electron chi connectivity index (χ0n) is 9.32. The SMILES string of the molecule is O=C(O)C1CCC(CNCC2(O)CCC2)O1. The molecule has 1 saturated carbocycles. The van der Waals surface area contributed by atoms with E-state index in [1.54, 1.807) is 0 Å². The average molecular weight is 229 g/mol. The highest BCUT2D eigenvalue weighted by Gasteiger charge is 2.35. The van der Waals surface area contributed by atoms with Crippen LogP contribution in [0.4, 0.5) is 0 Å². The summed E-state index contributed by atoms with van der Waals surface area (Å²) in [4.78, 5) is 10.7. The van der Waals surface area contributed by atoms with Gasteiger partial charge in [0.1, 0.15) is 0 Å². The number of rotatable bonds is 5. The molecule has 16 heavy (non-hydrogen) atoms. The second-order valence-corrected chi connectivity index (χ2v) is 4.87. The minimum atomic E-state index is -0.875. The van der Waals surface area contributed by atoms with Crippen molar-refractivity contribution >= 4 is 5.97 Å². The van der Waals surface area contributed by atoms with Crippen LogP contribution in [0.1, 0.15) is 32.1 Å². The molecule has 0 radical (unpaired) electrons. The van der Waals surface area contributed by atoms with E-state index in [2.05, 4.69) is 5.32 Å². The first-order valence-electron chi connectivity index (χ1n) is 5.90. The van der Waals surface area contributed by atoms with Gasteiger partial charge < -0.3 is 20.3 Å². The standard InChI is InChI=1S/C11H19NO4/c13-10(14)9-3-2-8(16-9)6-12-7-11(15)4-1-5-11/h8-9,12,15H,1-7H2,(H,13,14). The summed E-state index contributed by atoms with van der Waals surface area (Å²) in [5.41, 5.74) is -0.523. The van der Waals surface area contributed by atoms with Crippen molar-refractivity contribution in [1.29, 1.82) is 0 Å². The summed E-state index contributed by atoms with van der Waals surface area (Å²) in [5, 5.41) is 21.7. The number of aliphatic hydroxyl groups is 1. The maximum absolute atomic E-state index is 10.7. The molecule has 5 nitrogen and oxygen atoms in total. The first kappa shape index (κ1) is 11.8. The molecule has 0 aromatic carbocycles. The lowest BCUT2D eigenvalue weighted by Gasteiger charge is -2.37. The molecular weight excluding hydrogens is 210 g/mol. The van der Waals surface area contributed by atoms with Crippen molar-refractivity contribution in [2.75, 3.05) is 13.1 Å². The highest BCUT2D eigenvalue weighted by Crippen LogP contribution is 2.30. The molecule has 2 rings (SSSR count). The van der Waals surface area contributed by atoms with Gasteiger partial charge in [-0.2, -0.15) is 0 Å². The molecule has 2 aliphatic rings. The van der Waals surface area contributed by atoms with Gasteiger partial charge in [0, 0.05) is 13.1 Å². The number of ether oxygens (including phenoxy) is 1. The maximum atomic E-state index is 10.7. The maximum Gasteiger partial charge on any atom is 0.332 e. The van der Waals surface area contributed by atoms with Crippen molar-refractivity contribution in [3.05, 3.63) is 0 Å². The second kappa shape index (κ2) is 4.69. The van der Waals surface area contributed by atoms with Crippen molar-refractivity contribution in [1.82, 2.24) is 5.32 Å². The first-order chi connectivity index (χ1) is 7.59. The molecule has 3 N–H and O–H groups in total. The quantitative estimate of drug-likeness (QED) is 0.624. The van der Waals surface area contributed by atoms with Crippen molar-refractivity contribution in [2.45, 2.75) is 49.9 Å². The summed E-state index contributed by atoms with van der Waals surface area (Å²) in [6.45, 7) is 1.22. The lowest BCUT2D eigenvalue weighted by atomic mass is 9.80. The van der Waals surface area contributed by atoms with E-state index in [9.17, 15) is 9.90 Å². The summed E-state index contributed by atoms with van der Waals surface area (Å²) in [6.07, 6.45) is 3.53. The Hall–Kier alpha value is -0.650. The molecule has 2 fully saturated rings. The molecular formula is C11H19NO4. The van der Waals surface area contributed by atoms with Gasteiger partial charge in [-0.15, -0.1) is 0 Å². The number of hydrogen-bond donors (Lipinski definition) is 3. The summed E-state index contributed by atoms with van der Waals surface area (Å²) >= 11 is 0. The van der Waals surface area contributed by atoms with E-state index in [-0.39, 0.29) is 6.10 Å². The van der Waals surface area contributed by atoms with E-state index in [4.69, 9.17) is 9.84 Å². The lowest BCUT2D eigenvalue weighted by Crippen LogP contribution is -2.47. The molecule has 0 aromatic heterocycles. The Kier molecular flexibility index (Phi) is 3.47. The van der Waals surface area contributed by atoms with Crippen molar-refractivity contribution in [3.8, 4) is 0 Å². The molecule has 92 valence electrons. The van der Waals surface area contributed by atoms with Crippen LogP contribution in [0.25, 0.3) is 0 Å². The highest BCUT2D eigenvalue weighted by atomic mass is 16.5. The Labute approximate surface area is 94.8 Å². The summed E-state index contributed by atoms with van der Waals surface area (Å²) in [7, 11) is 0. The predicted octanol–water partition coefficient (Wildman–Crippen LogP) is 0.123. The van der Waals surface area contributed by atoms with Gasteiger partial charge in [-0.1, -0.05) is 0 Å². The van der Waals surface area contributed by atoms with Gasteiger partial charge >= 0.3 is 5.97 Å². The third-order valence-corrected chi connectivity index (χ3v) is 3.49. The fourth-order valence-corrected chi connectivity index (χ4v) is 2.27. The monoisotopic (exact) mass is 229 g/mol. The normalized spacial score (nSPS) is 32.3. The molecule has 0 spiro atoms. The van der Waals surface area contributed by atoms with Crippen LogP contribution < -0.4 is 5.32 Å². The first-order valence-corrected chi connectivity index (χ1v) is 5.90. The van der Waals surface area contributed by atoms with E-state index in [0.29, 0.717) is 19.5 Å². The third kappa shape index (κ3) is 2.72. The van der Waals surface area contributed by atoms with Gasteiger partial charge in [0.15, 0.2) is 6.10 Å². The molecule has 0 aromatic rings. The van der Waals surface area contributed by atoms with Crippen molar-refractivity contribution < 1.29 is 19.7 Å². The van der Waals surface area contributed by atoms with Crippen LogP contribution in [0.3, 0.4) is 0 Å². The van der Waals surface area contributed by atoms with E-state index < -0.39 is 17.7 Å². The number of carboxylic acids is 1. The Bertz CT molecular complexity index is 265. The van der Waals surface area contributed by atoms with Gasteiger partial charge in [0.2, 0.25) is 0 Å². The van der Waals surface area contributed by atoms with E-state index >= 15 is 0 Å². The Morgan fingerprint density at radius 3 is 2.69 bits per heavy atom. The van der Waals surface area contributed by atoms with Gasteiger partial charge in [0.25, 0.3) is 0 Å². The molecule has 5 heteroatoms. The molecule has 2 atom stereocenters. The highest BCUT2D eigenvalue weighted by molar-refractivity contribution is 5.72. The van der Waals surface area contributed by atoms with Crippen LogP contribution in [0.2, 0.25) is 0 Å². The van der Waals surface area contributed by atoms with Crippen LogP contribution in [-0.4, -0.2) is 47.1 Å². The zero-order chi connectivity index (χ0) is 11.6. The van der Waals surface area contributed by atoms with E-state index in [0.717, 1.165) is 25.7 Å². The van der Waals surface area contributed by atoms with Crippen molar-refractivity contribution in [3.63, 3.8) is 0 Å².